The molecule has 28 heavy (non-hydrogen) atoms. The normalized spacial score (nSPS) is 17.2. The highest BCUT2D eigenvalue weighted by Gasteiger charge is 2.29. The Hall–Kier alpha value is -2.78. The van der Waals surface area contributed by atoms with Crippen LogP contribution < -0.4 is 10.2 Å². The number of aromatic nitrogens is 1. The number of rotatable bonds is 3. The molecule has 0 spiro atoms. The number of hydrogen-bond donors (Lipinski definition) is 1. The Morgan fingerprint density at radius 2 is 2.00 bits per heavy atom. The summed E-state index contributed by atoms with van der Waals surface area (Å²) in [6.07, 6.45) is 1.72. The lowest BCUT2D eigenvalue weighted by Crippen LogP contribution is -2.55. The van der Waals surface area contributed by atoms with Crippen molar-refractivity contribution in [2.45, 2.75) is 32.2 Å². The SMILES string of the molecule is C[C@@H]1CN(c2ncccc2Cl)CCN1C(=O)Nc1ccc(C(C)(C)C#N)cc1. The Morgan fingerprint density at radius 1 is 1.29 bits per heavy atom. The zero-order valence-electron chi connectivity index (χ0n) is 16.3. The molecule has 1 atom stereocenters. The van der Waals surface area contributed by atoms with Crippen molar-refractivity contribution in [1.29, 1.82) is 5.26 Å². The fraction of sp³-hybridized carbons (Fsp3) is 0.381. The standard InChI is InChI=1S/C21H24ClN5O/c1-15-13-26(19-18(22)5-4-10-24-19)11-12-27(15)20(28)25-17-8-6-16(7-9-17)21(2,3)14-23/h4-10,15H,11-13H2,1-3H3,(H,25,28)/t15-/m1/s1. The van der Waals surface area contributed by atoms with Gasteiger partial charge in [0.05, 0.1) is 16.5 Å². The number of nitrogens with zero attached hydrogens (tertiary/aromatic N) is 4. The number of carbonyl (C=O) groups is 1. The van der Waals surface area contributed by atoms with Crippen molar-refractivity contribution in [2.75, 3.05) is 29.9 Å². The van der Waals surface area contributed by atoms with Crippen molar-refractivity contribution in [3.05, 3.63) is 53.2 Å². The van der Waals surface area contributed by atoms with Crippen LogP contribution in [0, 0.1) is 11.3 Å². The molecule has 1 aliphatic rings. The molecule has 146 valence electrons. The summed E-state index contributed by atoms with van der Waals surface area (Å²) < 4.78 is 0. The minimum atomic E-state index is -0.555. The minimum absolute atomic E-state index is 0.0172. The Labute approximate surface area is 170 Å². The van der Waals surface area contributed by atoms with Gasteiger partial charge in [0.15, 0.2) is 0 Å². The minimum Gasteiger partial charge on any atom is -0.352 e. The maximum Gasteiger partial charge on any atom is 0.322 e. The van der Waals surface area contributed by atoms with E-state index < -0.39 is 5.41 Å². The van der Waals surface area contributed by atoms with Gasteiger partial charge in [0.25, 0.3) is 0 Å². The Balaban J connectivity index is 1.63. The Morgan fingerprint density at radius 3 is 2.61 bits per heavy atom. The fourth-order valence-corrected chi connectivity index (χ4v) is 3.53. The summed E-state index contributed by atoms with van der Waals surface area (Å²) in [5.41, 5.74) is 1.08. The van der Waals surface area contributed by atoms with Gasteiger partial charge in [-0.05, 0) is 50.6 Å². The van der Waals surface area contributed by atoms with Gasteiger partial charge in [-0.3, -0.25) is 0 Å². The van der Waals surface area contributed by atoms with Crippen molar-refractivity contribution in [3.8, 4) is 6.07 Å². The highest BCUT2D eigenvalue weighted by molar-refractivity contribution is 6.32. The van der Waals surface area contributed by atoms with Gasteiger partial charge in [-0.25, -0.2) is 9.78 Å². The van der Waals surface area contributed by atoms with Crippen molar-refractivity contribution in [2.24, 2.45) is 0 Å². The van der Waals surface area contributed by atoms with Crippen LogP contribution in [0.25, 0.3) is 0 Å². The summed E-state index contributed by atoms with van der Waals surface area (Å²) in [5.74, 6) is 0.756. The molecule has 1 saturated heterocycles. The molecule has 0 radical (unpaired) electrons. The first kappa shape index (κ1) is 20.0. The van der Waals surface area contributed by atoms with Gasteiger partial charge in [-0.2, -0.15) is 5.26 Å². The molecule has 0 aliphatic carbocycles. The number of amides is 2. The molecule has 0 unspecified atom stereocenters. The van der Waals surface area contributed by atoms with Crippen LogP contribution in [-0.2, 0) is 5.41 Å². The third-order valence-electron chi connectivity index (χ3n) is 5.06. The van der Waals surface area contributed by atoms with Gasteiger partial charge in [0, 0.05) is 37.6 Å². The van der Waals surface area contributed by atoms with Crippen molar-refractivity contribution in [3.63, 3.8) is 0 Å². The van der Waals surface area contributed by atoms with Crippen molar-refractivity contribution >= 4 is 29.1 Å². The van der Waals surface area contributed by atoms with Crippen LogP contribution in [0.15, 0.2) is 42.6 Å². The molecule has 2 heterocycles. The van der Waals surface area contributed by atoms with Crippen LogP contribution in [0.1, 0.15) is 26.3 Å². The van der Waals surface area contributed by atoms with Crippen LogP contribution in [0.2, 0.25) is 5.02 Å². The molecule has 1 N–H and O–H groups in total. The summed E-state index contributed by atoms with van der Waals surface area (Å²) in [5, 5.41) is 12.8. The van der Waals surface area contributed by atoms with Gasteiger partial charge in [-0.1, -0.05) is 23.7 Å². The molecule has 1 fully saturated rings. The first-order valence-corrected chi connectivity index (χ1v) is 9.64. The lowest BCUT2D eigenvalue weighted by molar-refractivity contribution is 0.184. The van der Waals surface area contributed by atoms with Crippen LogP contribution in [-0.4, -0.2) is 41.6 Å². The summed E-state index contributed by atoms with van der Waals surface area (Å²) in [6.45, 7) is 7.68. The summed E-state index contributed by atoms with van der Waals surface area (Å²) >= 11 is 6.25. The fourth-order valence-electron chi connectivity index (χ4n) is 3.29. The second-order valence-corrected chi connectivity index (χ2v) is 7.95. The molecular formula is C21H24ClN5O. The number of hydrogen-bond acceptors (Lipinski definition) is 4. The molecule has 1 aromatic heterocycles. The highest BCUT2D eigenvalue weighted by Crippen LogP contribution is 2.26. The van der Waals surface area contributed by atoms with E-state index in [4.69, 9.17) is 11.6 Å². The van der Waals surface area contributed by atoms with Crippen LogP contribution in [0.4, 0.5) is 16.3 Å². The van der Waals surface area contributed by atoms with E-state index >= 15 is 0 Å². The third-order valence-corrected chi connectivity index (χ3v) is 5.36. The monoisotopic (exact) mass is 397 g/mol. The molecule has 3 rings (SSSR count). The maximum absolute atomic E-state index is 12.7. The average Bonchev–Trinajstić information content (AvgIpc) is 2.68. The van der Waals surface area contributed by atoms with Gasteiger partial charge >= 0.3 is 6.03 Å². The lowest BCUT2D eigenvalue weighted by atomic mass is 9.86. The van der Waals surface area contributed by atoms with E-state index in [2.05, 4.69) is 21.3 Å². The number of pyridine rings is 1. The van der Waals surface area contributed by atoms with E-state index in [1.54, 1.807) is 6.20 Å². The Bertz CT molecular complexity index is 890. The summed E-state index contributed by atoms with van der Waals surface area (Å²) in [7, 11) is 0. The first-order valence-electron chi connectivity index (χ1n) is 9.26. The van der Waals surface area contributed by atoms with Crippen LogP contribution >= 0.6 is 11.6 Å². The molecule has 2 aromatic rings. The quantitative estimate of drug-likeness (QED) is 0.838. The summed E-state index contributed by atoms with van der Waals surface area (Å²) in [4.78, 5) is 21.0. The average molecular weight is 398 g/mol. The largest absolute Gasteiger partial charge is 0.352 e. The Kier molecular flexibility index (Phi) is 5.76. The second-order valence-electron chi connectivity index (χ2n) is 7.54. The van der Waals surface area contributed by atoms with Crippen LogP contribution in [0.5, 0.6) is 0 Å². The van der Waals surface area contributed by atoms with Crippen molar-refractivity contribution in [1.82, 2.24) is 9.88 Å². The highest BCUT2D eigenvalue weighted by atomic mass is 35.5. The van der Waals surface area contributed by atoms with Crippen LogP contribution in [0.3, 0.4) is 0 Å². The number of urea groups is 1. The van der Waals surface area contributed by atoms with E-state index in [1.807, 2.05) is 62.1 Å². The molecule has 6 nitrogen and oxygen atoms in total. The van der Waals surface area contributed by atoms with Gasteiger partial charge in [0.1, 0.15) is 5.82 Å². The van der Waals surface area contributed by atoms with E-state index in [0.29, 0.717) is 30.3 Å². The number of nitrogens with one attached hydrogen (secondary N) is 1. The van der Waals surface area contributed by atoms with E-state index in [1.165, 1.54) is 0 Å². The zero-order chi connectivity index (χ0) is 20.3. The zero-order valence-corrected chi connectivity index (χ0v) is 17.1. The number of benzene rings is 1. The topological polar surface area (TPSA) is 72.3 Å². The molecule has 0 bridgehead atoms. The van der Waals surface area contributed by atoms with Crippen molar-refractivity contribution < 1.29 is 4.79 Å². The number of anilines is 2. The summed E-state index contributed by atoms with van der Waals surface area (Å²) in [6, 6.07) is 13.2. The smallest absolute Gasteiger partial charge is 0.322 e. The van der Waals surface area contributed by atoms with Gasteiger partial charge in [0.2, 0.25) is 0 Å². The lowest BCUT2D eigenvalue weighted by Gasteiger charge is -2.40. The van der Waals surface area contributed by atoms with Gasteiger partial charge < -0.3 is 15.1 Å². The maximum atomic E-state index is 12.7. The van der Waals surface area contributed by atoms with Gasteiger partial charge in [-0.15, -0.1) is 0 Å². The predicted octanol–water partition coefficient (Wildman–Crippen LogP) is 4.28. The molecule has 0 saturated carbocycles. The molecule has 2 amide bonds. The predicted molar refractivity (Wildman–Crippen MR) is 112 cm³/mol. The molecule has 7 heteroatoms. The number of nitriles is 1. The van der Waals surface area contributed by atoms with E-state index in [0.717, 1.165) is 11.4 Å². The molecule has 1 aromatic carbocycles. The van der Waals surface area contributed by atoms with E-state index in [-0.39, 0.29) is 12.1 Å². The number of carbonyl (C=O) groups excluding carboxylic acids is 1. The first-order chi connectivity index (χ1) is 13.3. The molecule has 1 aliphatic heterocycles. The number of piperazine rings is 1. The third kappa shape index (κ3) is 4.20. The second kappa shape index (κ2) is 8.07. The molecular weight excluding hydrogens is 374 g/mol. The number of halogens is 1. The van der Waals surface area contributed by atoms with E-state index in [9.17, 15) is 10.1 Å².